The number of anilines is 3. The summed E-state index contributed by atoms with van der Waals surface area (Å²) in [5.41, 5.74) is 1.22. The fourth-order valence-electron chi connectivity index (χ4n) is 3.20. The van der Waals surface area contributed by atoms with Crippen LogP contribution in [0.5, 0.6) is 5.75 Å². The Morgan fingerprint density at radius 3 is 2.15 bits per heavy atom. The van der Waals surface area contributed by atoms with Crippen LogP contribution in [-0.2, 0) is 19.6 Å². The molecule has 0 radical (unpaired) electrons. The second-order valence-corrected chi connectivity index (χ2v) is 8.91. The minimum absolute atomic E-state index is 0.0369. The van der Waals surface area contributed by atoms with Crippen LogP contribution in [0.2, 0.25) is 0 Å². The van der Waals surface area contributed by atoms with E-state index in [1.165, 1.54) is 13.2 Å². The highest BCUT2D eigenvalue weighted by Gasteiger charge is 2.22. The molecule has 0 aliphatic carbocycles. The zero-order valence-electron chi connectivity index (χ0n) is 19.5. The van der Waals surface area contributed by atoms with E-state index >= 15 is 0 Å². The van der Waals surface area contributed by atoms with E-state index in [-0.39, 0.29) is 17.3 Å². The number of hydrogen-bond donors (Lipinski definition) is 3. The van der Waals surface area contributed by atoms with Crippen LogP contribution in [0.4, 0.5) is 17.1 Å². The number of carbonyl (C=O) groups excluding carboxylic acids is 2. The van der Waals surface area contributed by atoms with E-state index in [9.17, 15) is 18.0 Å². The van der Waals surface area contributed by atoms with Crippen molar-refractivity contribution in [3.05, 3.63) is 42.5 Å². The maximum atomic E-state index is 13.3. The fraction of sp³-hybridized carbons (Fsp3) is 0.391. The van der Waals surface area contributed by atoms with Gasteiger partial charge in [-0.05, 0) is 62.7 Å². The lowest BCUT2D eigenvalue weighted by Crippen LogP contribution is -2.32. The first-order chi connectivity index (χ1) is 15.7. The molecule has 2 aromatic rings. The monoisotopic (exact) mass is 476 g/mol. The van der Waals surface area contributed by atoms with Gasteiger partial charge in [0.2, 0.25) is 11.8 Å². The Morgan fingerprint density at radius 2 is 1.58 bits per heavy atom. The van der Waals surface area contributed by atoms with Crippen molar-refractivity contribution in [2.45, 2.75) is 38.5 Å². The van der Waals surface area contributed by atoms with Crippen molar-refractivity contribution < 1.29 is 22.7 Å². The largest absolute Gasteiger partial charge is 0.497 e. The minimum atomic E-state index is -3.97. The third kappa shape index (κ3) is 7.38. The van der Waals surface area contributed by atoms with Gasteiger partial charge < -0.3 is 20.3 Å². The Bertz CT molecular complexity index is 1050. The molecular weight excluding hydrogens is 444 g/mol. The van der Waals surface area contributed by atoms with Crippen molar-refractivity contribution in [2.75, 3.05) is 41.7 Å². The molecule has 0 aromatic heterocycles. The van der Waals surface area contributed by atoms with Gasteiger partial charge in [0.25, 0.3) is 10.0 Å². The summed E-state index contributed by atoms with van der Waals surface area (Å²) in [7, 11) is -2.44. The third-order valence-electron chi connectivity index (χ3n) is 4.90. The molecule has 0 atom stereocenters. The molecule has 2 aromatic carbocycles. The second-order valence-electron chi connectivity index (χ2n) is 7.26. The van der Waals surface area contributed by atoms with Gasteiger partial charge in [0.1, 0.15) is 10.6 Å². The molecule has 10 heteroatoms. The van der Waals surface area contributed by atoms with Crippen molar-refractivity contribution in [3.8, 4) is 5.75 Å². The summed E-state index contributed by atoms with van der Waals surface area (Å²) in [6.07, 6.45) is 1.02. The average molecular weight is 477 g/mol. The van der Waals surface area contributed by atoms with Gasteiger partial charge in [-0.3, -0.25) is 14.3 Å². The Labute approximate surface area is 195 Å². The summed E-state index contributed by atoms with van der Waals surface area (Å²) < 4.78 is 34.3. The molecule has 0 heterocycles. The summed E-state index contributed by atoms with van der Waals surface area (Å²) >= 11 is 0. The quantitative estimate of drug-likeness (QED) is 0.433. The molecule has 0 bridgehead atoms. The first kappa shape index (κ1) is 26.0. The molecule has 0 saturated heterocycles. The van der Waals surface area contributed by atoms with Crippen molar-refractivity contribution >= 4 is 38.9 Å². The predicted molar refractivity (Wildman–Crippen MR) is 130 cm³/mol. The number of sulfonamides is 1. The summed E-state index contributed by atoms with van der Waals surface area (Å²) in [6, 6.07) is 11.3. The fourth-order valence-corrected chi connectivity index (χ4v) is 4.51. The van der Waals surface area contributed by atoms with Crippen LogP contribution in [0.1, 0.15) is 33.6 Å². The molecule has 33 heavy (non-hydrogen) atoms. The number of amides is 2. The lowest BCUT2D eigenvalue weighted by atomic mass is 10.2. The highest BCUT2D eigenvalue weighted by molar-refractivity contribution is 7.92. The first-order valence-electron chi connectivity index (χ1n) is 10.9. The predicted octanol–water partition coefficient (Wildman–Crippen LogP) is 3.20. The van der Waals surface area contributed by atoms with E-state index in [1.807, 2.05) is 25.7 Å². The van der Waals surface area contributed by atoms with Crippen molar-refractivity contribution in [1.29, 1.82) is 0 Å². The average Bonchev–Trinajstić information content (AvgIpc) is 2.79. The highest BCUT2D eigenvalue weighted by Crippen LogP contribution is 2.30. The van der Waals surface area contributed by atoms with Crippen molar-refractivity contribution in [1.82, 2.24) is 5.32 Å². The van der Waals surface area contributed by atoms with Gasteiger partial charge in [0.05, 0.1) is 19.3 Å². The Morgan fingerprint density at radius 1 is 0.939 bits per heavy atom. The van der Waals surface area contributed by atoms with Gasteiger partial charge in [-0.2, -0.15) is 0 Å². The van der Waals surface area contributed by atoms with Gasteiger partial charge in [-0.1, -0.05) is 6.92 Å². The zero-order valence-corrected chi connectivity index (χ0v) is 20.3. The number of methoxy groups -OCH3 is 1. The third-order valence-corrected chi connectivity index (χ3v) is 6.31. The highest BCUT2D eigenvalue weighted by atomic mass is 32.2. The molecule has 3 N–H and O–H groups in total. The summed E-state index contributed by atoms with van der Waals surface area (Å²) in [4.78, 5) is 25.8. The number of carbonyl (C=O) groups is 2. The van der Waals surface area contributed by atoms with Crippen LogP contribution in [-0.4, -0.2) is 47.0 Å². The van der Waals surface area contributed by atoms with Crippen LogP contribution in [0.15, 0.2) is 47.4 Å². The molecule has 0 aliphatic heterocycles. The molecule has 0 fully saturated rings. The van der Waals surface area contributed by atoms with Gasteiger partial charge in [0.15, 0.2) is 0 Å². The first-order valence-corrected chi connectivity index (χ1v) is 12.3. The van der Waals surface area contributed by atoms with Crippen LogP contribution in [0, 0.1) is 0 Å². The Hall–Kier alpha value is -3.27. The van der Waals surface area contributed by atoms with Gasteiger partial charge in [-0.15, -0.1) is 0 Å². The lowest BCUT2D eigenvalue weighted by Gasteiger charge is -2.25. The van der Waals surface area contributed by atoms with Crippen LogP contribution in [0.25, 0.3) is 0 Å². The molecule has 2 amide bonds. The van der Waals surface area contributed by atoms with Crippen LogP contribution >= 0.6 is 0 Å². The van der Waals surface area contributed by atoms with Crippen molar-refractivity contribution in [3.63, 3.8) is 0 Å². The standard InChI is InChI=1S/C23H32N4O5S/c1-5-8-22(28)24-16-23(29)25-18-11-14-20(27(6-2)7-3)21(15-18)33(30,31)26-17-9-12-19(32-4)13-10-17/h9-15,26H,5-8,16H2,1-4H3,(H,24,28)(H,25,29). The number of hydrogen-bond acceptors (Lipinski definition) is 6. The van der Waals surface area contributed by atoms with Crippen LogP contribution in [0.3, 0.4) is 0 Å². The molecule has 2 rings (SSSR count). The van der Waals surface area contributed by atoms with Gasteiger partial charge in [0, 0.05) is 30.9 Å². The maximum Gasteiger partial charge on any atom is 0.264 e. The van der Waals surface area contributed by atoms with E-state index in [0.29, 0.717) is 48.7 Å². The molecular formula is C23H32N4O5S. The number of nitrogens with one attached hydrogen (secondary N) is 3. The number of nitrogens with zero attached hydrogens (tertiary/aromatic N) is 1. The summed E-state index contributed by atoms with van der Waals surface area (Å²) in [6.45, 7) is 6.77. The zero-order chi connectivity index (χ0) is 24.4. The topological polar surface area (TPSA) is 117 Å². The summed E-state index contributed by atoms with van der Waals surface area (Å²) in [5, 5.41) is 5.19. The lowest BCUT2D eigenvalue weighted by molar-refractivity contribution is -0.124. The van der Waals surface area contributed by atoms with Gasteiger partial charge in [-0.25, -0.2) is 8.42 Å². The van der Waals surface area contributed by atoms with Crippen molar-refractivity contribution in [2.24, 2.45) is 0 Å². The second kappa shape index (κ2) is 12.1. The molecule has 0 unspecified atom stereocenters. The SMILES string of the molecule is CCCC(=O)NCC(=O)Nc1ccc(N(CC)CC)c(S(=O)(=O)Nc2ccc(OC)cc2)c1. The normalized spacial score (nSPS) is 10.9. The molecule has 0 spiro atoms. The van der Waals surface area contributed by atoms with E-state index in [4.69, 9.17) is 4.74 Å². The maximum absolute atomic E-state index is 13.3. The van der Waals surface area contributed by atoms with E-state index in [2.05, 4.69) is 15.4 Å². The summed E-state index contributed by atoms with van der Waals surface area (Å²) in [5.74, 6) is -0.0458. The molecule has 9 nitrogen and oxygen atoms in total. The number of ether oxygens (including phenoxy) is 1. The Balaban J connectivity index is 2.32. The number of rotatable bonds is 12. The van der Waals surface area contributed by atoms with E-state index in [0.717, 1.165) is 0 Å². The van der Waals surface area contributed by atoms with E-state index < -0.39 is 15.9 Å². The Kier molecular flexibility index (Phi) is 9.53. The molecule has 0 saturated carbocycles. The molecule has 180 valence electrons. The minimum Gasteiger partial charge on any atom is -0.497 e. The van der Waals surface area contributed by atoms with Crippen LogP contribution < -0.4 is 25.0 Å². The smallest absolute Gasteiger partial charge is 0.264 e. The van der Waals surface area contributed by atoms with Gasteiger partial charge >= 0.3 is 0 Å². The molecule has 0 aliphatic rings. The number of benzene rings is 2. The van der Waals surface area contributed by atoms with E-state index in [1.54, 1.807) is 36.4 Å².